The van der Waals surface area contributed by atoms with Gasteiger partial charge in [0.2, 0.25) is 0 Å². The quantitative estimate of drug-likeness (QED) is 0.218. The number of rotatable bonds is 9. The fraction of sp³-hybridized carbons (Fsp3) is 0.214. The highest BCUT2D eigenvalue weighted by molar-refractivity contribution is 5.87. The van der Waals surface area contributed by atoms with Crippen molar-refractivity contribution in [2.24, 2.45) is 0 Å². The molecule has 4 aromatic rings. The Bertz CT molecular complexity index is 1310. The lowest BCUT2D eigenvalue weighted by molar-refractivity contribution is -0.141. The lowest BCUT2D eigenvalue weighted by atomic mass is 10.1. The molecular weight excluding hydrogens is 461 g/mol. The van der Waals surface area contributed by atoms with E-state index in [1.807, 2.05) is 30.3 Å². The van der Waals surface area contributed by atoms with Gasteiger partial charge in [0.25, 0.3) is 0 Å². The number of carbonyl (C=O) groups excluding carboxylic acids is 2. The molecule has 0 aliphatic carbocycles. The Kier molecular flexibility index (Phi) is 8.18. The Morgan fingerprint density at radius 3 is 2.31 bits per heavy atom. The first-order valence-corrected chi connectivity index (χ1v) is 11.7. The Balaban J connectivity index is 1.73. The van der Waals surface area contributed by atoms with Crippen LogP contribution in [-0.2, 0) is 27.3 Å². The average Bonchev–Trinajstić information content (AvgIpc) is 3.28. The Labute approximate surface area is 208 Å². The molecule has 0 saturated carbocycles. The van der Waals surface area contributed by atoms with Gasteiger partial charge in [-0.3, -0.25) is 9.78 Å². The van der Waals surface area contributed by atoms with Crippen molar-refractivity contribution in [2.45, 2.75) is 32.8 Å². The molecule has 2 heterocycles. The molecule has 0 aliphatic rings. The van der Waals surface area contributed by atoms with Gasteiger partial charge in [-0.2, -0.15) is 0 Å². The summed E-state index contributed by atoms with van der Waals surface area (Å²) in [5.74, 6) is -0.196. The molecule has 0 amide bonds. The number of nitrogens with zero attached hydrogens (tertiary/aromatic N) is 3. The number of benzene rings is 2. The van der Waals surface area contributed by atoms with Crippen LogP contribution in [0.15, 0.2) is 79.1 Å². The van der Waals surface area contributed by atoms with Gasteiger partial charge in [-0.25, -0.2) is 18.7 Å². The van der Waals surface area contributed by atoms with Gasteiger partial charge in [0.15, 0.2) is 0 Å². The second kappa shape index (κ2) is 11.9. The largest absolute Gasteiger partial charge is 0.466 e. The monoisotopic (exact) mass is 487 g/mol. The fourth-order valence-corrected chi connectivity index (χ4v) is 3.80. The van der Waals surface area contributed by atoms with E-state index < -0.39 is 6.09 Å². The fourth-order valence-electron chi connectivity index (χ4n) is 3.80. The molecule has 184 valence electrons. The molecule has 2 aromatic carbocycles. The molecule has 4 rings (SSSR count). The molecule has 7 nitrogen and oxygen atoms in total. The molecule has 0 bridgehead atoms. The SMILES string of the molecule is CC(=O)OCCCCc1nc(-c2ccc(F)cc2)c(-c2ccncc2)n1C(=O)OCc1ccccc1. The van der Waals surface area contributed by atoms with Gasteiger partial charge in [0, 0.05) is 36.9 Å². The lowest BCUT2D eigenvalue weighted by Gasteiger charge is -2.12. The number of carbonyl (C=O) groups is 2. The summed E-state index contributed by atoms with van der Waals surface area (Å²) in [4.78, 5) is 33.4. The summed E-state index contributed by atoms with van der Waals surface area (Å²) in [7, 11) is 0. The van der Waals surface area contributed by atoms with E-state index in [2.05, 4.69) is 4.98 Å². The summed E-state index contributed by atoms with van der Waals surface area (Å²) in [5, 5.41) is 0. The van der Waals surface area contributed by atoms with E-state index in [1.165, 1.54) is 23.6 Å². The van der Waals surface area contributed by atoms with Crippen LogP contribution in [0.4, 0.5) is 9.18 Å². The first-order chi connectivity index (χ1) is 17.5. The highest BCUT2D eigenvalue weighted by atomic mass is 19.1. The first-order valence-electron chi connectivity index (χ1n) is 11.7. The van der Waals surface area contributed by atoms with Crippen molar-refractivity contribution in [3.8, 4) is 22.5 Å². The van der Waals surface area contributed by atoms with Crippen molar-refractivity contribution >= 4 is 12.1 Å². The van der Waals surface area contributed by atoms with Crippen molar-refractivity contribution in [2.75, 3.05) is 6.61 Å². The molecule has 0 atom stereocenters. The molecule has 0 aliphatic heterocycles. The molecule has 2 aromatic heterocycles. The van der Waals surface area contributed by atoms with Crippen LogP contribution in [0.3, 0.4) is 0 Å². The zero-order valence-corrected chi connectivity index (χ0v) is 19.9. The summed E-state index contributed by atoms with van der Waals surface area (Å²) < 4.78 is 25.8. The topological polar surface area (TPSA) is 83.3 Å². The van der Waals surface area contributed by atoms with Crippen LogP contribution in [0, 0.1) is 5.82 Å². The molecule has 0 spiro atoms. The molecule has 8 heteroatoms. The van der Waals surface area contributed by atoms with Crippen LogP contribution >= 0.6 is 0 Å². The Morgan fingerprint density at radius 1 is 0.889 bits per heavy atom. The van der Waals surface area contributed by atoms with Crippen LogP contribution in [-0.4, -0.2) is 33.2 Å². The smallest absolute Gasteiger partial charge is 0.420 e. The van der Waals surface area contributed by atoms with Gasteiger partial charge in [-0.15, -0.1) is 0 Å². The third-order valence-electron chi connectivity index (χ3n) is 5.51. The number of halogens is 1. The van der Waals surface area contributed by atoms with E-state index in [-0.39, 0.29) is 25.0 Å². The number of imidazole rings is 1. The Morgan fingerprint density at radius 2 is 1.61 bits per heavy atom. The summed E-state index contributed by atoms with van der Waals surface area (Å²) in [5.41, 5.74) is 3.32. The van der Waals surface area contributed by atoms with E-state index in [0.717, 1.165) is 11.1 Å². The lowest BCUT2D eigenvalue weighted by Crippen LogP contribution is -2.18. The van der Waals surface area contributed by atoms with Crippen molar-refractivity contribution < 1.29 is 23.5 Å². The zero-order valence-electron chi connectivity index (χ0n) is 19.9. The molecular formula is C28H26FN3O4. The second-order valence-corrected chi connectivity index (χ2v) is 8.14. The molecule has 0 radical (unpaired) electrons. The molecule has 0 fully saturated rings. The van der Waals surface area contributed by atoms with Crippen LogP contribution < -0.4 is 0 Å². The maximum Gasteiger partial charge on any atom is 0.420 e. The second-order valence-electron chi connectivity index (χ2n) is 8.14. The minimum atomic E-state index is -0.568. The number of ether oxygens (including phenoxy) is 2. The van der Waals surface area contributed by atoms with E-state index in [4.69, 9.17) is 14.5 Å². The standard InChI is InChI=1S/C28H26FN3O4/c1-20(33)35-18-6-5-9-25-31-26(22-10-12-24(29)13-11-22)27(23-14-16-30-17-15-23)32(25)28(34)36-19-21-7-3-2-4-8-21/h2-4,7-8,10-17H,5-6,9,18-19H2,1H3. The van der Waals surface area contributed by atoms with E-state index in [1.54, 1.807) is 36.7 Å². The van der Waals surface area contributed by atoms with Crippen LogP contribution in [0.1, 0.15) is 31.2 Å². The number of unbranched alkanes of at least 4 members (excludes halogenated alkanes) is 1. The van der Waals surface area contributed by atoms with Gasteiger partial charge in [-0.05, 0) is 54.8 Å². The third kappa shape index (κ3) is 6.21. The van der Waals surface area contributed by atoms with Gasteiger partial charge in [-0.1, -0.05) is 30.3 Å². The zero-order chi connectivity index (χ0) is 25.3. The number of hydrogen-bond donors (Lipinski definition) is 0. The van der Waals surface area contributed by atoms with E-state index in [9.17, 15) is 14.0 Å². The van der Waals surface area contributed by atoms with E-state index >= 15 is 0 Å². The highest BCUT2D eigenvalue weighted by Crippen LogP contribution is 2.33. The summed E-state index contributed by atoms with van der Waals surface area (Å²) in [6.45, 7) is 1.76. The number of aryl methyl sites for hydroxylation is 1. The normalized spacial score (nSPS) is 10.7. The van der Waals surface area contributed by atoms with Crippen LogP contribution in [0.2, 0.25) is 0 Å². The predicted molar refractivity (Wildman–Crippen MR) is 132 cm³/mol. The number of esters is 1. The first kappa shape index (κ1) is 24.8. The summed E-state index contributed by atoms with van der Waals surface area (Å²) >= 11 is 0. The minimum absolute atomic E-state index is 0.103. The number of aromatic nitrogens is 3. The third-order valence-corrected chi connectivity index (χ3v) is 5.51. The Hall–Kier alpha value is -4.33. The van der Waals surface area contributed by atoms with Gasteiger partial charge in [0.1, 0.15) is 18.2 Å². The molecule has 0 unspecified atom stereocenters. The average molecular weight is 488 g/mol. The maximum absolute atomic E-state index is 13.7. The molecule has 0 N–H and O–H groups in total. The predicted octanol–water partition coefficient (Wildman–Crippen LogP) is 5.82. The van der Waals surface area contributed by atoms with Gasteiger partial charge >= 0.3 is 12.1 Å². The van der Waals surface area contributed by atoms with E-state index in [0.29, 0.717) is 42.0 Å². The molecule has 36 heavy (non-hydrogen) atoms. The van der Waals surface area contributed by atoms with Gasteiger partial charge in [0.05, 0.1) is 18.0 Å². The molecule has 0 saturated heterocycles. The highest BCUT2D eigenvalue weighted by Gasteiger charge is 2.25. The van der Waals surface area contributed by atoms with Crippen LogP contribution in [0.5, 0.6) is 0 Å². The summed E-state index contributed by atoms with van der Waals surface area (Å²) in [6, 6.07) is 19.0. The number of pyridine rings is 1. The van der Waals surface area contributed by atoms with Crippen molar-refractivity contribution in [3.05, 3.63) is 96.3 Å². The van der Waals surface area contributed by atoms with Crippen molar-refractivity contribution in [1.82, 2.24) is 14.5 Å². The minimum Gasteiger partial charge on any atom is -0.466 e. The van der Waals surface area contributed by atoms with Crippen LogP contribution in [0.25, 0.3) is 22.5 Å². The summed E-state index contributed by atoms with van der Waals surface area (Å²) in [6.07, 6.45) is 4.39. The van der Waals surface area contributed by atoms with Crippen molar-refractivity contribution in [3.63, 3.8) is 0 Å². The maximum atomic E-state index is 13.7. The number of hydrogen-bond acceptors (Lipinski definition) is 6. The van der Waals surface area contributed by atoms with Crippen molar-refractivity contribution in [1.29, 1.82) is 0 Å². The van der Waals surface area contributed by atoms with Gasteiger partial charge < -0.3 is 9.47 Å².